The molecule has 0 bridgehead atoms. The number of hydrogen-bond acceptors (Lipinski definition) is 0. The summed E-state index contributed by atoms with van der Waals surface area (Å²) in [5.74, 6) is 0. The van der Waals surface area contributed by atoms with E-state index in [1.165, 1.54) is 21.5 Å². The Morgan fingerprint density at radius 1 is 0.471 bits per heavy atom. The third-order valence-corrected chi connectivity index (χ3v) is 6.22. The van der Waals surface area contributed by atoms with Gasteiger partial charge in [0.15, 0.2) is 4.33 Å². The van der Waals surface area contributed by atoms with Gasteiger partial charge in [-0.25, -0.2) is 12.1 Å². The molecule has 0 unspecified atom stereocenters. The van der Waals surface area contributed by atoms with Crippen LogP contribution in [0.2, 0.25) is 0 Å². The SMILES string of the molecule is ClC(Cl)(c1ccccc1)c1ccccc1.[Zr+2].c1cc[cH-]c1.c1ccc2c(c1)[cH-]c1ccccc12. The topological polar surface area (TPSA) is 0 Å². The predicted molar refractivity (Wildman–Crippen MR) is 144 cm³/mol. The van der Waals surface area contributed by atoms with Gasteiger partial charge in [-0.2, -0.15) is 18.2 Å². The first-order valence-electron chi connectivity index (χ1n) is 10.8. The van der Waals surface area contributed by atoms with E-state index in [4.69, 9.17) is 23.2 Å². The molecule has 3 heteroatoms. The molecule has 0 aromatic heterocycles. The molecule has 0 nitrogen and oxygen atoms in total. The minimum Gasteiger partial charge on any atom is -0.214 e. The van der Waals surface area contributed by atoms with Crippen molar-refractivity contribution >= 4 is 44.7 Å². The Bertz CT molecular complexity index is 1260. The molecule has 0 fully saturated rings. The molecular formula is C31H24Cl2Zr. The van der Waals surface area contributed by atoms with Crippen LogP contribution in [0.5, 0.6) is 0 Å². The van der Waals surface area contributed by atoms with Crippen molar-refractivity contribution in [3.8, 4) is 0 Å². The average molecular weight is 559 g/mol. The average Bonchev–Trinajstić information content (AvgIpc) is 3.57. The zero-order chi connectivity index (χ0) is 22.9. The van der Waals surface area contributed by atoms with Crippen LogP contribution in [0.1, 0.15) is 11.1 Å². The number of hydrogen-bond donors (Lipinski definition) is 0. The largest absolute Gasteiger partial charge is 2.00 e. The summed E-state index contributed by atoms with van der Waals surface area (Å²) in [6, 6.07) is 48.6. The molecule has 0 amide bonds. The van der Waals surface area contributed by atoms with E-state index in [0.717, 1.165) is 11.1 Å². The quantitative estimate of drug-likeness (QED) is 0.147. The second kappa shape index (κ2) is 12.9. The van der Waals surface area contributed by atoms with Gasteiger partial charge in [-0.3, -0.25) is 0 Å². The molecule has 0 N–H and O–H groups in total. The molecule has 6 rings (SSSR count). The Morgan fingerprint density at radius 2 is 0.853 bits per heavy atom. The van der Waals surface area contributed by atoms with Gasteiger partial charge in [0.05, 0.1) is 0 Å². The number of alkyl halides is 2. The van der Waals surface area contributed by atoms with E-state index >= 15 is 0 Å². The summed E-state index contributed by atoms with van der Waals surface area (Å²) in [5.41, 5.74) is 1.78. The summed E-state index contributed by atoms with van der Waals surface area (Å²) in [4.78, 5) is 0. The molecule has 6 aromatic carbocycles. The predicted octanol–water partition coefficient (Wildman–Crippen LogP) is 9.48. The Morgan fingerprint density at radius 3 is 1.24 bits per heavy atom. The molecule has 0 radical (unpaired) electrons. The first-order valence-corrected chi connectivity index (χ1v) is 11.6. The van der Waals surface area contributed by atoms with Gasteiger partial charge in [0, 0.05) is 0 Å². The Balaban J connectivity index is 0.000000156. The molecule has 166 valence electrons. The molecule has 0 saturated heterocycles. The summed E-state index contributed by atoms with van der Waals surface area (Å²) in [5, 5.41) is 5.39. The van der Waals surface area contributed by atoms with E-state index < -0.39 is 4.33 Å². The van der Waals surface area contributed by atoms with Gasteiger partial charge in [0.1, 0.15) is 0 Å². The van der Waals surface area contributed by atoms with Crippen molar-refractivity contribution in [3.63, 3.8) is 0 Å². The number of benzene rings is 4. The van der Waals surface area contributed by atoms with Gasteiger partial charge in [0.2, 0.25) is 0 Å². The van der Waals surface area contributed by atoms with Gasteiger partial charge in [0.25, 0.3) is 0 Å². The van der Waals surface area contributed by atoms with Crippen LogP contribution in [-0.4, -0.2) is 0 Å². The molecule has 0 aliphatic heterocycles. The second-order valence-electron chi connectivity index (χ2n) is 7.59. The molecular weight excluding hydrogens is 534 g/mol. The molecule has 0 saturated carbocycles. The number of halogens is 2. The van der Waals surface area contributed by atoms with Crippen LogP contribution in [0, 0.1) is 0 Å². The van der Waals surface area contributed by atoms with Gasteiger partial charge in [-0.15, -0.1) is 39.7 Å². The Kier molecular flexibility index (Phi) is 9.90. The Labute approximate surface area is 230 Å². The van der Waals surface area contributed by atoms with Crippen LogP contribution >= 0.6 is 23.2 Å². The summed E-state index contributed by atoms with van der Waals surface area (Å²) < 4.78 is -0.970. The second-order valence-corrected chi connectivity index (χ2v) is 8.91. The minimum atomic E-state index is -0.970. The van der Waals surface area contributed by atoms with Gasteiger partial charge in [-0.1, -0.05) is 120 Å². The monoisotopic (exact) mass is 556 g/mol. The minimum absolute atomic E-state index is 0. The van der Waals surface area contributed by atoms with E-state index in [1.807, 2.05) is 91.0 Å². The van der Waals surface area contributed by atoms with E-state index in [-0.39, 0.29) is 26.2 Å². The maximum Gasteiger partial charge on any atom is 2.00 e. The van der Waals surface area contributed by atoms with Crippen LogP contribution in [0.4, 0.5) is 0 Å². The maximum atomic E-state index is 6.35. The fourth-order valence-corrected chi connectivity index (χ4v) is 4.19. The van der Waals surface area contributed by atoms with Crippen molar-refractivity contribution in [1.82, 2.24) is 0 Å². The summed E-state index contributed by atoms with van der Waals surface area (Å²) >= 11 is 12.7. The molecule has 0 aliphatic rings. The fraction of sp³-hybridized carbons (Fsp3) is 0.0323. The van der Waals surface area contributed by atoms with Crippen LogP contribution in [0.15, 0.2) is 146 Å². The van der Waals surface area contributed by atoms with Gasteiger partial charge in [-0.05, 0) is 11.1 Å². The first kappa shape index (κ1) is 26.2. The molecule has 0 heterocycles. The number of fused-ring (bicyclic) bond motifs is 3. The zero-order valence-electron chi connectivity index (χ0n) is 18.6. The fourth-order valence-electron chi connectivity index (χ4n) is 3.69. The summed E-state index contributed by atoms with van der Waals surface area (Å²) in [6.07, 6.45) is 0. The van der Waals surface area contributed by atoms with Crippen LogP contribution in [0.3, 0.4) is 0 Å². The standard InChI is InChI=1S/C13H10Cl2.C13H9.C5H5.Zr/c14-13(15,11-7-3-1-4-8-11)12-9-5-2-6-10-12;1-3-7-12-10(5-1)9-11-6-2-4-8-13(11)12;1-2-4-5-3-1;/h1-10H;1-9H;1-5H;/q;2*-1;+2. The molecule has 34 heavy (non-hydrogen) atoms. The Hall–Kier alpha value is -2.44. The molecule has 0 atom stereocenters. The van der Waals surface area contributed by atoms with Crippen molar-refractivity contribution in [2.24, 2.45) is 0 Å². The molecule has 0 spiro atoms. The van der Waals surface area contributed by atoms with E-state index in [2.05, 4.69) is 54.6 Å². The third-order valence-electron chi connectivity index (χ3n) is 5.35. The zero-order valence-corrected chi connectivity index (χ0v) is 22.6. The third kappa shape index (κ3) is 6.58. The molecule has 0 aliphatic carbocycles. The van der Waals surface area contributed by atoms with E-state index in [9.17, 15) is 0 Å². The van der Waals surface area contributed by atoms with Crippen LogP contribution < -0.4 is 0 Å². The first-order chi connectivity index (χ1) is 16.2. The van der Waals surface area contributed by atoms with Gasteiger partial charge >= 0.3 is 26.2 Å². The number of rotatable bonds is 2. The van der Waals surface area contributed by atoms with E-state index in [0.29, 0.717) is 0 Å². The molecule has 6 aromatic rings. The van der Waals surface area contributed by atoms with E-state index in [1.54, 1.807) is 0 Å². The van der Waals surface area contributed by atoms with Crippen molar-refractivity contribution < 1.29 is 26.2 Å². The van der Waals surface area contributed by atoms with Crippen molar-refractivity contribution in [2.45, 2.75) is 4.33 Å². The van der Waals surface area contributed by atoms with Crippen molar-refractivity contribution in [3.05, 3.63) is 157 Å². The van der Waals surface area contributed by atoms with Crippen molar-refractivity contribution in [1.29, 1.82) is 0 Å². The van der Waals surface area contributed by atoms with Crippen molar-refractivity contribution in [2.75, 3.05) is 0 Å². The normalized spacial score (nSPS) is 10.4. The van der Waals surface area contributed by atoms with Gasteiger partial charge < -0.3 is 0 Å². The summed E-state index contributed by atoms with van der Waals surface area (Å²) in [6.45, 7) is 0. The van der Waals surface area contributed by atoms with Crippen LogP contribution in [-0.2, 0) is 30.5 Å². The summed E-state index contributed by atoms with van der Waals surface area (Å²) in [7, 11) is 0. The smallest absolute Gasteiger partial charge is 0.214 e. The van der Waals surface area contributed by atoms with Crippen LogP contribution in [0.25, 0.3) is 21.5 Å². The maximum absolute atomic E-state index is 6.35.